The first-order chi connectivity index (χ1) is 5.53. The maximum absolute atomic E-state index is 11.1. The molecule has 0 aliphatic rings. The third-order valence-corrected chi connectivity index (χ3v) is 3.70. The molecule has 1 aromatic heterocycles. The second-order valence-corrected chi connectivity index (χ2v) is 5.57. The Morgan fingerprint density at radius 2 is 2.25 bits per heavy atom. The quantitative estimate of drug-likeness (QED) is 0.803. The molecule has 3 nitrogen and oxygen atoms in total. The minimum Gasteiger partial charge on any atom is -0.218 e. The lowest BCUT2D eigenvalue weighted by molar-refractivity contribution is 0.587. The van der Waals surface area contributed by atoms with Crippen molar-refractivity contribution in [1.82, 2.24) is 4.72 Å². The molecule has 1 N–H and O–H groups in total. The Bertz CT molecular complexity index is 353. The highest BCUT2D eigenvalue weighted by Gasteiger charge is 2.08. The first kappa shape index (κ1) is 9.70. The van der Waals surface area contributed by atoms with Crippen LogP contribution in [0.3, 0.4) is 0 Å². The Morgan fingerprint density at radius 1 is 1.58 bits per heavy atom. The molecule has 0 radical (unpaired) electrons. The smallest absolute Gasteiger partial charge is 0.215 e. The lowest BCUT2D eigenvalue weighted by Gasteiger charge is -1.98. The monoisotopic (exact) mass is 205 g/mol. The zero-order chi connectivity index (χ0) is 9.19. The molecule has 0 fully saturated rings. The summed E-state index contributed by atoms with van der Waals surface area (Å²) in [5.41, 5.74) is 0.854. The highest BCUT2D eigenvalue weighted by Crippen LogP contribution is 2.14. The van der Waals surface area contributed by atoms with Crippen LogP contribution in [-0.4, -0.2) is 15.5 Å². The predicted molar refractivity (Wildman–Crippen MR) is 50.7 cm³/mol. The number of nitrogens with one attached hydrogen (secondary N) is 1. The first-order valence-corrected chi connectivity index (χ1v) is 6.02. The average Bonchev–Trinajstić information content (AvgIpc) is 2.35. The van der Waals surface area contributed by atoms with Crippen molar-refractivity contribution < 1.29 is 8.42 Å². The van der Waals surface area contributed by atoms with E-state index in [0.717, 1.165) is 10.4 Å². The predicted octanol–water partition coefficient (Wildman–Crippen LogP) is 1.11. The number of sulfonamides is 1. The molecule has 1 aromatic rings. The minimum absolute atomic E-state index is 0.0772. The standard InChI is InChI=1S/C7H11NO2S2/c1-6-3-7(4-11-6)5-12(9,10)8-2/h3-4,8H,5H2,1-2H3. The van der Waals surface area contributed by atoms with E-state index in [2.05, 4.69) is 4.72 Å². The van der Waals surface area contributed by atoms with Crippen LogP contribution in [0.25, 0.3) is 0 Å². The summed E-state index contributed by atoms with van der Waals surface area (Å²) in [7, 11) is -1.68. The van der Waals surface area contributed by atoms with Gasteiger partial charge in [-0.3, -0.25) is 0 Å². The Hall–Kier alpha value is -0.390. The van der Waals surface area contributed by atoms with E-state index in [0.29, 0.717) is 0 Å². The number of rotatable bonds is 3. The summed E-state index contributed by atoms with van der Waals surface area (Å²) >= 11 is 1.56. The van der Waals surface area contributed by atoms with Crippen LogP contribution in [0.4, 0.5) is 0 Å². The summed E-state index contributed by atoms with van der Waals surface area (Å²) < 4.78 is 24.4. The summed E-state index contributed by atoms with van der Waals surface area (Å²) in [6.07, 6.45) is 0. The van der Waals surface area contributed by atoms with Crippen LogP contribution in [0.15, 0.2) is 11.4 Å². The molecule has 0 spiro atoms. The van der Waals surface area contributed by atoms with Crippen molar-refractivity contribution in [2.75, 3.05) is 7.05 Å². The Balaban J connectivity index is 2.77. The molecule has 0 aliphatic heterocycles. The van der Waals surface area contributed by atoms with Crippen LogP contribution >= 0.6 is 11.3 Å². The van der Waals surface area contributed by atoms with Crippen LogP contribution in [0, 0.1) is 6.92 Å². The topological polar surface area (TPSA) is 46.2 Å². The number of hydrogen-bond donors (Lipinski definition) is 1. The fraction of sp³-hybridized carbons (Fsp3) is 0.429. The summed E-state index contributed by atoms with van der Waals surface area (Å²) in [4.78, 5) is 1.14. The van der Waals surface area contributed by atoms with Crippen LogP contribution in [0.2, 0.25) is 0 Å². The molecule has 0 aliphatic carbocycles. The molecule has 1 rings (SSSR count). The largest absolute Gasteiger partial charge is 0.218 e. The molecule has 12 heavy (non-hydrogen) atoms. The number of thiophene rings is 1. The van der Waals surface area contributed by atoms with Gasteiger partial charge in [0.25, 0.3) is 0 Å². The maximum atomic E-state index is 11.1. The highest BCUT2D eigenvalue weighted by atomic mass is 32.2. The van der Waals surface area contributed by atoms with Crippen molar-refractivity contribution in [1.29, 1.82) is 0 Å². The van der Waals surface area contributed by atoms with Gasteiger partial charge in [-0.05, 0) is 31.0 Å². The van der Waals surface area contributed by atoms with E-state index in [-0.39, 0.29) is 5.75 Å². The van der Waals surface area contributed by atoms with Crippen molar-refractivity contribution in [3.8, 4) is 0 Å². The van der Waals surface area contributed by atoms with Gasteiger partial charge in [0.2, 0.25) is 10.0 Å². The summed E-state index contributed by atoms with van der Waals surface area (Å²) in [6.45, 7) is 1.96. The highest BCUT2D eigenvalue weighted by molar-refractivity contribution is 7.88. The van der Waals surface area contributed by atoms with Gasteiger partial charge in [-0.2, -0.15) is 0 Å². The Morgan fingerprint density at radius 3 is 2.67 bits per heavy atom. The zero-order valence-corrected chi connectivity index (χ0v) is 8.63. The molecule has 0 amide bonds. The van der Waals surface area contributed by atoms with Gasteiger partial charge in [0.05, 0.1) is 5.75 Å². The van der Waals surface area contributed by atoms with E-state index in [1.165, 1.54) is 7.05 Å². The third-order valence-electron chi connectivity index (χ3n) is 1.45. The molecule has 0 saturated heterocycles. The Kier molecular flexibility index (Phi) is 2.87. The van der Waals surface area contributed by atoms with Crippen molar-refractivity contribution >= 4 is 21.4 Å². The van der Waals surface area contributed by atoms with E-state index >= 15 is 0 Å². The Labute approximate surface area is 76.5 Å². The molecule has 68 valence electrons. The minimum atomic E-state index is -3.10. The molecular formula is C7H11NO2S2. The molecule has 0 bridgehead atoms. The zero-order valence-electron chi connectivity index (χ0n) is 6.99. The average molecular weight is 205 g/mol. The molecule has 0 aromatic carbocycles. The number of aryl methyl sites for hydroxylation is 1. The van der Waals surface area contributed by atoms with Crippen molar-refractivity contribution in [3.05, 3.63) is 21.9 Å². The van der Waals surface area contributed by atoms with Crippen LogP contribution in [0.5, 0.6) is 0 Å². The van der Waals surface area contributed by atoms with Crippen molar-refractivity contribution in [2.24, 2.45) is 0 Å². The van der Waals surface area contributed by atoms with Gasteiger partial charge in [0.1, 0.15) is 0 Å². The molecule has 0 atom stereocenters. The van der Waals surface area contributed by atoms with E-state index in [4.69, 9.17) is 0 Å². The summed E-state index contributed by atoms with van der Waals surface area (Å²) in [5.74, 6) is 0.0772. The molecule has 0 unspecified atom stereocenters. The van der Waals surface area contributed by atoms with Gasteiger partial charge in [-0.1, -0.05) is 0 Å². The molecule has 1 heterocycles. The van der Waals surface area contributed by atoms with Crippen LogP contribution in [-0.2, 0) is 15.8 Å². The van der Waals surface area contributed by atoms with Crippen LogP contribution in [0.1, 0.15) is 10.4 Å². The van der Waals surface area contributed by atoms with Gasteiger partial charge in [0, 0.05) is 4.88 Å². The van der Waals surface area contributed by atoms with Gasteiger partial charge >= 0.3 is 0 Å². The molecular weight excluding hydrogens is 194 g/mol. The molecule has 0 saturated carbocycles. The second kappa shape index (κ2) is 3.55. The third kappa shape index (κ3) is 2.58. The second-order valence-electron chi connectivity index (χ2n) is 2.53. The fourth-order valence-electron chi connectivity index (χ4n) is 0.865. The summed E-state index contributed by atoms with van der Waals surface area (Å²) in [5, 5.41) is 1.87. The lowest BCUT2D eigenvalue weighted by Crippen LogP contribution is -2.20. The van der Waals surface area contributed by atoms with Gasteiger partial charge in [-0.25, -0.2) is 13.1 Å². The number of hydrogen-bond acceptors (Lipinski definition) is 3. The van der Waals surface area contributed by atoms with E-state index in [1.54, 1.807) is 11.3 Å². The lowest BCUT2D eigenvalue weighted by atomic mass is 10.3. The van der Waals surface area contributed by atoms with E-state index in [1.807, 2.05) is 18.4 Å². The maximum Gasteiger partial charge on any atom is 0.215 e. The van der Waals surface area contributed by atoms with Gasteiger partial charge < -0.3 is 0 Å². The van der Waals surface area contributed by atoms with Crippen molar-refractivity contribution in [2.45, 2.75) is 12.7 Å². The SMILES string of the molecule is CNS(=O)(=O)Cc1csc(C)c1. The van der Waals surface area contributed by atoms with Crippen molar-refractivity contribution in [3.63, 3.8) is 0 Å². The van der Waals surface area contributed by atoms with Gasteiger partial charge in [-0.15, -0.1) is 11.3 Å². The summed E-state index contributed by atoms with van der Waals surface area (Å²) in [6, 6.07) is 1.89. The first-order valence-electron chi connectivity index (χ1n) is 3.49. The van der Waals surface area contributed by atoms with Crippen LogP contribution < -0.4 is 4.72 Å². The van der Waals surface area contributed by atoms with E-state index < -0.39 is 10.0 Å². The van der Waals surface area contributed by atoms with Gasteiger partial charge in [0.15, 0.2) is 0 Å². The molecule has 5 heteroatoms. The normalized spacial score (nSPS) is 11.8. The fourth-order valence-corrected chi connectivity index (χ4v) is 2.43. The van der Waals surface area contributed by atoms with E-state index in [9.17, 15) is 8.42 Å².